The van der Waals surface area contributed by atoms with Gasteiger partial charge in [0.2, 0.25) is 5.95 Å². The Kier molecular flexibility index (Phi) is 2.89. The smallest absolute Gasteiger partial charge is 0.230 e. The second-order valence-corrected chi connectivity index (χ2v) is 5.35. The minimum Gasteiger partial charge on any atom is -0.310 e. The van der Waals surface area contributed by atoms with E-state index >= 15 is 0 Å². The number of aromatic nitrogens is 3. The zero-order chi connectivity index (χ0) is 13.6. The van der Waals surface area contributed by atoms with E-state index < -0.39 is 0 Å². The number of H-pyrrole nitrogens is 1. The number of hydrogen-bond acceptors (Lipinski definition) is 3. The first-order valence-corrected chi connectivity index (χ1v) is 6.71. The van der Waals surface area contributed by atoms with E-state index in [2.05, 4.69) is 24.0 Å². The summed E-state index contributed by atoms with van der Waals surface area (Å²) in [4.78, 5) is 2.02. The first-order chi connectivity index (χ1) is 9.08. The predicted molar refractivity (Wildman–Crippen MR) is 74.9 cm³/mol. The van der Waals surface area contributed by atoms with E-state index in [1.807, 2.05) is 15.5 Å². The standard InChI is InChI=1S/C13H15FN4S/c1-8(2)18-12(15-16-13(18)19)17-6-5-9-3-4-10(14)7-11(9)17/h3-4,7-8H,5-6H2,1-2H3,(H,16,19). The van der Waals surface area contributed by atoms with Gasteiger partial charge < -0.3 is 4.90 Å². The molecular weight excluding hydrogens is 263 g/mol. The second-order valence-electron chi connectivity index (χ2n) is 4.97. The molecule has 0 saturated carbocycles. The number of aromatic amines is 1. The molecule has 0 atom stereocenters. The summed E-state index contributed by atoms with van der Waals surface area (Å²) >= 11 is 5.25. The number of benzene rings is 1. The summed E-state index contributed by atoms with van der Waals surface area (Å²) < 4.78 is 16.0. The summed E-state index contributed by atoms with van der Waals surface area (Å²) in [5.41, 5.74) is 2.03. The van der Waals surface area contributed by atoms with Gasteiger partial charge >= 0.3 is 0 Å². The molecule has 0 unspecified atom stereocenters. The molecule has 0 bridgehead atoms. The van der Waals surface area contributed by atoms with Gasteiger partial charge in [-0.05, 0) is 50.2 Å². The second kappa shape index (κ2) is 4.45. The zero-order valence-electron chi connectivity index (χ0n) is 10.9. The molecule has 1 aliphatic heterocycles. The van der Waals surface area contributed by atoms with Gasteiger partial charge in [-0.2, -0.15) is 0 Å². The minimum absolute atomic E-state index is 0.207. The number of halogens is 1. The molecule has 3 rings (SSSR count). The highest BCUT2D eigenvalue weighted by Gasteiger charge is 2.25. The van der Waals surface area contributed by atoms with Crippen LogP contribution in [0.5, 0.6) is 0 Å². The SMILES string of the molecule is CC(C)n1c(N2CCc3ccc(F)cc32)n[nH]c1=S. The van der Waals surface area contributed by atoms with E-state index in [1.165, 1.54) is 6.07 Å². The Hall–Kier alpha value is -1.69. The fourth-order valence-corrected chi connectivity index (χ4v) is 2.85. The van der Waals surface area contributed by atoms with E-state index in [0.717, 1.165) is 30.2 Å². The van der Waals surface area contributed by atoms with Crippen LogP contribution in [0.3, 0.4) is 0 Å². The maximum atomic E-state index is 13.4. The van der Waals surface area contributed by atoms with Crippen molar-refractivity contribution < 1.29 is 4.39 Å². The van der Waals surface area contributed by atoms with Crippen molar-refractivity contribution in [3.63, 3.8) is 0 Å². The summed E-state index contributed by atoms with van der Waals surface area (Å²) in [7, 11) is 0. The van der Waals surface area contributed by atoms with Crippen LogP contribution in [0.25, 0.3) is 0 Å². The predicted octanol–water partition coefficient (Wildman–Crippen LogP) is 3.35. The van der Waals surface area contributed by atoms with Gasteiger partial charge in [0.05, 0.1) is 0 Å². The minimum atomic E-state index is -0.226. The zero-order valence-corrected chi connectivity index (χ0v) is 11.7. The fourth-order valence-electron chi connectivity index (χ4n) is 2.51. The molecule has 1 aromatic carbocycles. The number of nitrogens with zero attached hydrogens (tertiary/aromatic N) is 3. The lowest BCUT2D eigenvalue weighted by Gasteiger charge is -2.20. The molecule has 1 N–H and O–H groups in total. The Morgan fingerprint density at radius 3 is 2.95 bits per heavy atom. The van der Waals surface area contributed by atoms with E-state index in [9.17, 15) is 4.39 Å². The molecule has 100 valence electrons. The molecule has 2 heterocycles. The van der Waals surface area contributed by atoms with Crippen LogP contribution in [0.4, 0.5) is 16.0 Å². The van der Waals surface area contributed by atoms with E-state index in [0.29, 0.717) is 4.77 Å². The van der Waals surface area contributed by atoms with E-state index in [4.69, 9.17) is 12.2 Å². The number of rotatable bonds is 2. The molecule has 0 spiro atoms. The van der Waals surface area contributed by atoms with Gasteiger partial charge in [-0.15, -0.1) is 5.10 Å². The summed E-state index contributed by atoms with van der Waals surface area (Å²) in [6.45, 7) is 4.90. The van der Waals surface area contributed by atoms with Crippen molar-refractivity contribution in [3.8, 4) is 0 Å². The molecule has 1 aliphatic rings. The molecule has 1 aromatic heterocycles. The Labute approximate surface area is 115 Å². The Morgan fingerprint density at radius 1 is 1.42 bits per heavy atom. The highest BCUT2D eigenvalue weighted by molar-refractivity contribution is 7.71. The van der Waals surface area contributed by atoms with Crippen LogP contribution in [-0.2, 0) is 6.42 Å². The summed E-state index contributed by atoms with van der Waals surface area (Å²) in [5, 5.41) is 7.12. The van der Waals surface area contributed by atoms with Crippen LogP contribution >= 0.6 is 12.2 Å². The van der Waals surface area contributed by atoms with Gasteiger partial charge in [0, 0.05) is 18.3 Å². The molecule has 0 fully saturated rings. The molecule has 0 radical (unpaired) electrons. The fraction of sp³-hybridized carbons (Fsp3) is 0.385. The summed E-state index contributed by atoms with van der Waals surface area (Å²) in [5.74, 6) is 0.528. The van der Waals surface area contributed by atoms with Crippen molar-refractivity contribution in [1.29, 1.82) is 0 Å². The maximum absolute atomic E-state index is 13.4. The van der Waals surface area contributed by atoms with Gasteiger partial charge in [-0.1, -0.05) is 6.07 Å². The quantitative estimate of drug-likeness (QED) is 0.856. The lowest BCUT2D eigenvalue weighted by molar-refractivity contribution is 0.588. The Balaban J connectivity index is 2.12. The van der Waals surface area contributed by atoms with Gasteiger partial charge in [0.1, 0.15) is 5.82 Å². The molecule has 4 nitrogen and oxygen atoms in total. The van der Waals surface area contributed by atoms with Crippen LogP contribution in [0.2, 0.25) is 0 Å². The Morgan fingerprint density at radius 2 is 2.21 bits per heavy atom. The number of hydrogen-bond donors (Lipinski definition) is 1. The lowest BCUT2D eigenvalue weighted by Crippen LogP contribution is -2.19. The number of anilines is 2. The van der Waals surface area contributed by atoms with Crippen LogP contribution in [0.15, 0.2) is 18.2 Å². The first-order valence-electron chi connectivity index (χ1n) is 6.31. The first kappa shape index (κ1) is 12.3. The van der Waals surface area contributed by atoms with E-state index in [-0.39, 0.29) is 11.9 Å². The lowest BCUT2D eigenvalue weighted by atomic mass is 10.2. The number of nitrogens with one attached hydrogen (secondary N) is 1. The largest absolute Gasteiger partial charge is 0.310 e. The molecular formula is C13H15FN4S. The van der Waals surface area contributed by atoms with Crippen LogP contribution < -0.4 is 4.90 Å². The third-order valence-corrected chi connectivity index (χ3v) is 3.67. The van der Waals surface area contributed by atoms with Gasteiger partial charge in [0.25, 0.3) is 0 Å². The van der Waals surface area contributed by atoms with Crippen molar-refractivity contribution in [2.75, 3.05) is 11.4 Å². The van der Waals surface area contributed by atoms with Crippen LogP contribution in [-0.4, -0.2) is 21.3 Å². The average molecular weight is 278 g/mol. The van der Waals surface area contributed by atoms with Crippen molar-refractivity contribution in [3.05, 3.63) is 34.4 Å². The normalized spacial score (nSPS) is 14.2. The molecule has 0 saturated heterocycles. The molecule has 0 aliphatic carbocycles. The van der Waals surface area contributed by atoms with Gasteiger partial charge in [-0.3, -0.25) is 4.57 Å². The average Bonchev–Trinajstić information content (AvgIpc) is 2.91. The van der Waals surface area contributed by atoms with Crippen molar-refractivity contribution in [2.45, 2.75) is 26.3 Å². The van der Waals surface area contributed by atoms with Crippen molar-refractivity contribution >= 4 is 23.9 Å². The molecule has 0 amide bonds. The molecule has 6 heteroatoms. The Bertz CT molecular complexity index is 674. The highest BCUT2D eigenvalue weighted by atomic mass is 32.1. The van der Waals surface area contributed by atoms with Crippen molar-refractivity contribution in [2.24, 2.45) is 0 Å². The third kappa shape index (κ3) is 1.96. The molecule has 19 heavy (non-hydrogen) atoms. The van der Waals surface area contributed by atoms with E-state index in [1.54, 1.807) is 6.07 Å². The summed E-state index contributed by atoms with van der Waals surface area (Å²) in [6, 6.07) is 5.11. The van der Waals surface area contributed by atoms with Crippen LogP contribution in [0, 0.1) is 10.6 Å². The summed E-state index contributed by atoms with van der Waals surface area (Å²) in [6.07, 6.45) is 0.896. The monoisotopic (exact) mass is 278 g/mol. The van der Waals surface area contributed by atoms with Crippen molar-refractivity contribution in [1.82, 2.24) is 14.8 Å². The topological polar surface area (TPSA) is 36.9 Å². The highest BCUT2D eigenvalue weighted by Crippen LogP contribution is 2.34. The third-order valence-electron chi connectivity index (χ3n) is 3.39. The van der Waals surface area contributed by atoms with Gasteiger partial charge in [0.15, 0.2) is 4.77 Å². The van der Waals surface area contributed by atoms with Crippen LogP contribution in [0.1, 0.15) is 25.5 Å². The maximum Gasteiger partial charge on any atom is 0.230 e. The number of fused-ring (bicyclic) bond motifs is 1. The van der Waals surface area contributed by atoms with Gasteiger partial charge in [-0.25, -0.2) is 9.49 Å². The molecule has 2 aromatic rings.